The van der Waals surface area contributed by atoms with Crippen molar-refractivity contribution in [3.63, 3.8) is 0 Å². The SMILES string of the molecule is CCCCCN(C)c1ncc(CCl)cn1. The molecule has 0 aliphatic carbocycles. The minimum atomic E-state index is 0.472. The average Bonchev–Trinajstić information content (AvgIpc) is 2.29. The summed E-state index contributed by atoms with van der Waals surface area (Å²) >= 11 is 5.67. The first-order chi connectivity index (χ1) is 7.27. The molecule has 84 valence electrons. The standard InChI is InChI=1S/C11H18ClN3/c1-3-4-5-6-15(2)11-13-8-10(7-12)9-14-11/h8-9H,3-7H2,1-2H3. The van der Waals surface area contributed by atoms with Gasteiger partial charge in [0.15, 0.2) is 0 Å². The highest BCUT2D eigenvalue weighted by atomic mass is 35.5. The number of aromatic nitrogens is 2. The third-order valence-corrected chi connectivity index (χ3v) is 2.59. The summed E-state index contributed by atoms with van der Waals surface area (Å²) < 4.78 is 0. The molecule has 1 rings (SSSR count). The summed E-state index contributed by atoms with van der Waals surface area (Å²) in [7, 11) is 2.02. The van der Waals surface area contributed by atoms with Crippen molar-refractivity contribution in [1.29, 1.82) is 0 Å². The zero-order valence-electron chi connectivity index (χ0n) is 9.41. The van der Waals surface area contributed by atoms with Crippen LogP contribution in [0.25, 0.3) is 0 Å². The summed E-state index contributed by atoms with van der Waals surface area (Å²) in [5.41, 5.74) is 0.961. The monoisotopic (exact) mass is 227 g/mol. The van der Waals surface area contributed by atoms with Crippen LogP contribution in [0.5, 0.6) is 0 Å². The minimum absolute atomic E-state index is 0.472. The van der Waals surface area contributed by atoms with Crippen LogP contribution in [0.15, 0.2) is 12.4 Å². The second kappa shape index (κ2) is 6.62. The fourth-order valence-corrected chi connectivity index (χ4v) is 1.45. The van der Waals surface area contributed by atoms with E-state index < -0.39 is 0 Å². The molecule has 0 amide bonds. The molecule has 0 atom stereocenters. The number of nitrogens with zero attached hydrogens (tertiary/aromatic N) is 3. The molecule has 4 heteroatoms. The van der Waals surface area contributed by atoms with E-state index in [1.54, 1.807) is 12.4 Å². The Hall–Kier alpha value is -0.830. The maximum atomic E-state index is 5.67. The van der Waals surface area contributed by atoms with E-state index in [-0.39, 0.29) is 0 Å². The smallest absolute Gasteiger partial charge is 0.224 e. The molecule has 15 heavy (non-hydrogen) atoms. The van der Waals surface area contributed by atoms with E-state index in [1.807, 2.05) is 7.05 Å². The largest absolute Gasteiger partial charge is 0.344 e. The molecule has 0 bridgehead atoms. The van der Waals surface area contributed by atoms with E-state index in [0.29, 0.717) is 5.88 Å². The number of unbranched alkanes of at least 4 members (excludes halogenated alkanes) is 2. The van der Waals surface area contributed by atoms with Crippen molar-refractivity contribution >= 4 is 17.5 Å². The number of hydrogen-bond donors (Lipinski definition) is 0. The van der Waals surface area contributed by atoms with Gasteiger partial charge >= 0.3 is 0 Å². The van der Waals surface area contributed by atoms with Crippen LogP contribution >= 0.6 is 11.6 Å². The van der Waals surface area contributed by atoms with Crippen LogP contribution in [0, 0.1) is 0 Å². The van der Waals surface area contributed by atoms with Gasteiger partial charge in [-0.15, -0.1) is 11.6 Å². The Balaban J connectivity index is 2.46. The third-order valence-electron chi connectivity index (χ3n) is 2.28. The van der Waals surface area contributed by atoms with Gasteiger partial charge in [-0.25, -0.2) is 9.97 Å². The average molecular weight is 228 g/mol. The molecule has 1 heterocycles. The lowest BCUT2D eigenvalue weighted by Gasteiger charge is -2.16. The van der Waals surface area contributed by atoms with E-state index in [9.17, 15) is 0 Å². The van der Waals surface area contributed by atoms with Crippen molar-refractivity contribution in [2.24, 2.45) is 0 Å². The molecule has 0 unspecified atom stereocenters. The summed E-state index contributed by atoms with van der Waals surface area (Å²) in [6, 6.07) is 0. The Morgan fingerprint density at radius 3 is 2.47 bits per heavy atom. The molecule has 1 aromatic rings. The van der Waals surface area contributed by atoms with Crippen molar-refractivity contribution in [3.05, 3.63) is 18.0 Å². The van der Waals surface area contributed by atoms with Crippen LogP contribution in [-0.4, -0.2) is 23.6 Å². The van der Waals surface area contributed by atoms with Gasteiger partial charge in [-0.2, -0.15) is 0 Å². The molecule has 0 aliphatic rings. The predicted octanol–water partition coefficient (Wildman–Crippen LogP) is 2.84. The van der Waals surface area contributed by atoms with Crippen LogP contribution in [0.3, 0.4) is 0 Å². The first kappa shape index (κ1) is 12.2. The van der Waals surface area contributed by atoms with Gasteiger partial charge < -0.3 is 4.90 Å². The summed E-state index contributed by atoms with van der Waals surface area (Å²) in [6.45, 7) is 3.21. The highest BCUT2D eigenvalue weighted by molar-refractivity contribution is 6.17. The molecule has 1 aromatic heterocycles. The van der Waals surface area contributed by atoms with Crippen LogP contribution in [0.4, 0.5) is 5.95 Å². The summed E-state index contributed by atoms with van der Waals surface area (Å²) in [5, 5.41) is 0. The first-order valence-electron chi connectivity index (χ1n) is 5.36. The van der Waals surface area contributed by atoms with Crippen molar-refractivity contribution in [1.82, 2.24) is 9.97 Å². The molecule has 3 nitrogen and oxygen atoms in total. The van der Waals surface area contributed by atoms with Crippen molar-refractivity contribution < 1.29 is 0 Å². The van der Waals surface area contributed by atoms with Crippen molar-refractivity contribution in [3.8, 4) is 0 Å². The third kappa shape index (κ3) is 4.04. The summed E-state index contributed by atoms with van der Waals surface area (Å²) in [4.78, 5) is 10.6. The van der Waals surface area contributed by atoms with E-state index in [1.165, 1.54) is 19.3 Å². The van der Waals surface area contributed by atoms with Gasteiger partial charge in [0, 0.05) is 31.5 Å². The lowest BCUT2D eigenvalue weighted by molar-refractivity contribution is 0.696. The lowest BCUT2D eigenvalue weighted by Crippen LogP contribution is -2.20. The lowest BCUT2D eigenvalue weighted by atomic mass is 10.2. The van der Waals surface area contributed by atoms with Gasteiger partial charge in [0.05, 0.1) is 5.88 Å². The number of anilines is 1. The number of hydrogen-bond acceptors (Lipinski definition) is 3. The Morgan fingerprint density at radius 2 is 1.93 bits per heavy atom. The molecule has 0 aromatic carbocycles. The second-order valence-electron chi connectivity index (χ2n) is 3.65. The fourth-order valence-electron chi connectivity index (χ4n) is 1.31. The fraction of sp³-hybridized carbons (Fsp3) is 0.636. The van der Waals surface area contributed by atoms with Gasteiger partial charge in [-0.1, -0.05) is 19.8 Å². The first-order valence-corrected chi connectivity index (χ1v) is 5.89. The Bertz CT molecular complexity index is 274. The van der Waals surface area contributed by atoms with Crippen molar-refractivity contribution in [2.45, 2.75) is 32.1 Å². The molecule has 0 saturated carbocycles. The molecule has 0 saturated heterocycles. The molecular formula is C11H18ClN3. The Labute approximate surface area is 96.5 Å². The zero-order valence-corrected chi connectivity index (χ0v) is 10.2. The van der Waals surface area contributed by atoms with Gasteiger partial charge in [0.1, 0.15) is 0 Å². The highest BCUT2D eigenvalue weighted by Gasteiger charge is 2.02. The van der Waals surface area contributed by atoms with Crippen LogP contribution in [0.2, 0.25) is 0 Å². The molecule has 0 N–H and O–H groups in total. The maximum Gasteiger partial charge on any atom is 0.224 e. The zero-order chi connectivity index (χ0) is 11.1. The maximum absolute atomic E-state index is 5.67. The second-order valence-corrected chi connectivity index (χ2v) is 3.92. The van der Waals surface area contributed by atoms with Gasteiger partial charge in [0.25, 0.3) is 0 Å². The topological polar surface area (TPSA) is 29.0 Å². The van der Waals surface area contributed by atoms with E-state index in [2.05, 4.69) is 21.8 Å². The van der Waals surface area contributed by atoms with Gasteiger partial charge in [-0.3, -0.25) is 0 Å². The van der Waals surface area contributed by atoms with Crippen LogP contribution in [0.1, 0.15) is 31.7 Å². The highest BCUT2D eigenvalue weighted by Crippen LogP contribution is 2.08. The van der Waals surface area contributed by atoms with Crippen LogP contribution < -0.4 is 4.90 Å². The molecule has 0 spiro atoms. The summed E-state index contributed by atoms with van der Waals surface area (Å²) in [5.74, 6) is 1.25. The predicted molar refractivity (Wildman–Crippen MR) is 64.4 cm³/mol. The Morgan fingerprint density at radius 1 is 1.27 bits per heavy atom. The minimum Gasteiger partial charge on any atom is -0.344 e. The van der Waals surface area contributed by atoms with E-state index in [0.717, 1.165) is 18.1 Å². The Kier molecular flexibility index (Phi) is 5.40. The molecular weight excluding hydrogens is 210 g/mol. The van der Waals surface area contributed by atoms with Gasteiger partial charge in [0.2, 0.25) is 5.95 Å². The normalized spacial score (nSPS) is 10.3. The summed E-state index contributed by atoms with van der Waals surface area (Å²) in [6.07, 6.45) is 7.24. The van der Waals surface area contributed by atoms with Crippen molar-refractivity contribution in [2.75, 3.05) is 18.5 Å². The number of rotatable bonds is 6. The molecule has 0 aliphatic heterocycles. The van der Waals surface area contributed by atoms with E-state index >= 15 is 0 Å². The quantitative estimate of drug-likeness (QED) is 0.553. The molecule has 0 fully saturated rings. The van der Waals surface area contributed by atoms with E-state index in [4.69, 9.17) is 11.6 Å². The molecule has 0 radical (unpaired) electrons. The van der Waals surface area contributed by atoms with Crippen LogP contribution in [-0.2, 0) is 5.88 Å². The van der Waals surface area contributed by atoms with Gasteiger partial charge in [-0.05, 0) is 6.42 Å². The number of halogens is 1. The number of alkyl halides is 1.